The highest BCUT2D eigenvalue weighted by atomic mass is 32.2. The first-order valence-corrected chi connectivity index (χ1v) is 16.0. The average Bonchev–Trinajstić information content (AvgIpc) is 3.60. The lowest BCUT2D eigenvalue weighted by Crippen LogP contribution is -2.38. The molecule has 6 rings (SSSR count). The van der Waals surface area contributed by atoms with Gasteiger partial charge in [-0.3, -0.25) is 14.2 Å². The highest BCUT2D eigenvalue weighted by Gasteiger charge is 2.52. The number of methoxy groups -OCH3 is 1. The summed E-state index contributed by atoms with van der Waals surface area (Å²) in [4.78, 5) is 22.2. The SMILES string of the molecule is COC(=O)C(C)(C)C(c1cc(CN2CC3(CC3)Oc3ncc(C)cc3S2(=O)=O)c(C)cn1)c1ccn2c(C(F)(F)F)nnc2c1C. The molecule has 0 N–H and O–H groups in total. The Hall–Kier alpha value is -4.11. The topological polar surface area (TPSA) is 129 Å². The first-order chi connectivity index (χ1) is 21.5. The summed E-state index contributed by atoms with van der Waals surface area (Å²) in [7, 11) is -2.76. The van der Waals surface area contributed by atoms with Crippen molar-refractivity contribution in [1.82, 2.24) is 28.9 Å². The summed E-state index contributed by atoms with van der Waals surface area (Å²) in [5, 5.41) is 7.18. The summed E-state index contributed by atoms with van der Waals surface area (Å²) >= 11 is 0. The maximum atomic E-state index is 14.0. The normalized spacial score (nSPS) is 18.1. The summed E-state index contributed by atoms with van der Waals surface area (Å²) < 4.78 is 82.4. The Morgan fingerprint density at radius 3 is 2.48 bits per heavy atom. The van der Waals surface area contributed by atoms with Gasteiger partial charge in [0.05, 0.1) is 19.1 Å². The lowest BCUT2D eigenvalue weighted by Gasteiger charge is -2.33. The van der Waals surface area contributed by atoms with Crippen LogP contribution < -0.4 is 4.74 Å². The fraction of sp³-hybridized carbons (Fsp3) is 0.452. The van der Waals surface area contributed by atoms with Crippen LogP contribution in [0.15, 0.2) is 41.7 Å². The molecule has 1 aliphatic carbocycles. The lowest BCUT2D eigenvalue weighted by atomic mass is 9.71. The molecule has 5 heterocycles. The van der Waals surface area contributed by atoms with E-state index >= 15 is 0 Å². The molecule has 1 aliphatic heterocycles. The van der Waals surface area contributed by atoms with Crippen LogP contribution in [0.5, 0.6) is 5.88 Å². The van der Waals surface area contributed by atoms with Crippen LogP contribution in [0.1, 0.15) is 71.9 Å². The van der Waals surface area contributed by atoms with E-state index in [1.807, 2.05) is 6.92 Å². The summed E-state index contributed by atoms with van der Waals surface area (Å²) in [6, 6.07) is 4.80. The zero-order valence-electron chi connectivity index (χ0n) is 26.1. The zero-order valence-corrected chi connectivity index (χ0v) is 27.0. The highest BCUT2D eigenvalue weighted by molar-refractivity contribution is 7.89. The number of hydrogen-bond donors (Lipinski definition) is 0. The second kappa shape index (κ2) is 10.7. The lowest BCUT2D eigenvalue weighted by molar-refractivity contribution is -0.151. The molecule has 1 saturated carbocycles. The minimum absolute atomic E-state index is 0.00312. The molecule has 1 spiro atoms. The predicted octanol–water partition coefficient (Wildman–Crippen LogP) is 4.91. The van der Waals surface area contributed by atoms with Gasteiger partial charge < -0.3 is 9.47 Å². The summed E-state index contributed by atoms with van der Waals surface area (Å²) in [6.07, 6.45) is 1.05. The monoisotopic (exact) mass is 658 g/mol. The molecule has 244 valence electrons. The van der Waals surface area contributed by atoms with Gasteiger partial charge in [-0.2, -0.15) is 17.5 Å². The summed E-state index contributed by atoms with van der Waals surface area (Å²) in [5.41, 5.74) is 1.36. The number of pyridine rings is 3. The fourth-order valence-corrected chi connectivity index (χ4v) is 7.76. The molecule has 0 bridgehead atoms. The number of aryl methyl sites for hydroxylation is 3. The van der Waals surface area contributed by atoms with Crippen molar-refractivity contribution in [3.8, 4) is 5.88 Å². The number of halogens is 3. The van der Waals surface area contributed by atoms with E-state index in [4.69, 9.17) is 9.47 Å². The van der Waals surface area contributed by atoms with Gasteiger partial charge in [0, 0.05) is 36.7 Å². The minimum atomic E-state index is -4.72. The molecule has 46 heavy (non-hydrogen) atoms. The van der Waals surface area contributed by atoms with Gasteiger partial charge in [-0.25, -0.2) is 13.4 Å². The first-order valence-electron chi connectivity index (χ1n) is 14.6. The minimum Gasteiger partial charge on any atom is -0.469 e. The van der Waals surface area contributed by atoms with Gasteiger partial charge >= 0.3 is 12.1 Å². The number of sulfonamides is 1. The number of carbonyl (C=O) groups is 1. The van der Waals surface area contributed by atoms with Crippen molar-refractivity contribution in [3.05, 3.63) is 76.1 Å². The van der Waals surface area contributed by atoms with E-state index in [9.17, 15) is 26.4 Å². The van der Waals surface area contributed by atoms with Crippen molar-refractivity contribution in [2.45, 2.75) is 76.6 Å². The van der Waals surface area contributed by atoms with E-state index in [-0.39, 0.29) is 29.5 Å². The Morgan fingerprint density at radius 1 is 1.11 bits per heavy atom. The van der Waals surface area contributed by atoms with Crippen molar-refractivity contribution in [2.75, 3.05) is 13.7 Å². The van der Waals surface area contributed by atoms with Gasteiger partial charge in [-0.15, -0.1) is 10.2 Å². The molecular formula is C31H33F3N6O5S. The van der Waals surface area contributed by atoms with E-state index in [0.717, 1.165) is 4.40 Å². The number of ether oxygens (including phenoxy) is 2. The van der Waals surface area contributed by atoms with Crippen LogP contribution in [-0.2, 0) is 32.3 Å². The van der Waals surface area contributed by atoms with Crippen molar-refractivity contribution >= 4 is 21.6 Å². The van der Waals surface area contributed by atoms with Crippen LogP contribution in [-0.4, -0.2) is 62.5 Å². The number of alkyl halides is 3. The van der Waals surface area contributed by atoms with Crippen LogP contribution >= 0.6 is 0 Å². The van der Waals surface area contributed by atoms with E-state index in [1.165, 1.54) is 23.7 Å². The number of esters is 1. The number of hydrogen-bond acceptors (Lipinski definition) is 9. The third kappa shape index (κ3) is 5.28. The smallest absolute Gasteiger partial charge is 0.452 e. The average molecular weight is 659 g/mol. The van der Waals surface area contributed by atoms with Crippen LogP contribution in [0.4, 0.5) is 13.2 Å². The first kappa shape index (κ1) is 31.9. The Balaban J connectivity index is 1.47. The highest BCUT2D eigenvalue weighted by Crippen LogP contribution is 2.47. The molecule has 2 aliphatic rings. The van der Waals surface area contributed by atoms with Gasteiger partial charge in [0.2, 0.25) is 21.7 Å². The Morgan fingerprint density at radius 2 is 1.83 bits per heavy atom. The quantitative estimate of drug-likeness (QED) is 0.266. The maximum Gasteiger partial charge on any atom is 0.452 e. The van der Waals surface area contributed by atoms with Crippen LogP contribution in [0.3, 0.4) is 0 Å². The number of fused-ring (bicyclic) bond motifs is 2. The molecule has 15 heteroatoms. The second-order valence-electron chi connectivity index (χ2n) is 12.7. The number of nitrogens with zero attached hydrogens (tertiary/aromatic N) is 6. The third-order valence-corrected chi connectivity index (χ3v) is 10.7. The van der Waals surface area contributed by atoms with Crippen LogP contribution in [0.2, 0.25) is 0 Å². The Labute approximate surface area is 263 Å². The van der Waals surface area contributed by atoms with Gasteiger partial charge in [0.15, 0.2) is 5.65 Å². The van der Waals surface area contributed by atoms with Gasteiger partial charge in [0.25, 0.3) is 0 Å². The third-order valence-electron chi connectivity index (χ3n) is 8.90. The van der Waals surface area contributed by atoms with E-state index in [2.05, 4.69) is 20.2 Å². The second-order valence-corrected chi connectivity index (χ2v) is 14.6. The number of carbonyl (C=O) groups excluding carboxylic acids is 1. The van der Waals surface area contributed by atoms with Crippen LogP contribution in [0, 0.1) is 26.2 Å². The molecule has 0 saturated heterocycles. The molecular weight excluding hydrogens is 625 g/mol. The van der Waals surface area contributed by atoms with Crippen molar-refractivity contribution in [2.24, 2.45) is 5.41 Å². The van der Waals surface area contributed by atoms with Crippen molar-refractivity contribution in [3.63, 3.8) is 0 Å². The van der Waals surface area contributed by atoms with E-state index in [1.54, 1.807) is 52.2 Å². The molecule has 4 aromatic rings. The van der Waals surface area contributed by atoms with Gasteiger partial charge in [-0.1, -0.05) is 0 Å². The molecule has 11 nitrogen and oxygen atoms in total. The zero-order chi connectivity index (χ0) is 33.4. The van der Waals surface area contributed by atoms with E-state index < -0.39 is 44.9 Å². The standard InChI is InChI=1S/C31H33F3N6O5S/c1-17-11-23-26(36-13-17)45-30(8-9-30)16-39(46(23,42)43)15-20-12-22(35-14-18(20)2)24(29(4,5)28(41)44-6)21-7-10-40-25(19(21)3)37-38-27(40)31(32,33)34/h7,10-14,24H,8-9,15-16H2,1-6H3. The molecule has 1 unspecified atom stereocenters. The maximum absolute atomic E-state index is 14.0. The Bertz CT molecular complexity index is 1990. The van der Waals surface area contributed by atoms with Crippen molar-refractivity contribution in [1.29, 1.82) is 0 Å². The molecule has 4 aromatic heterocycles. The molecule has 0 radical (unpaired) electrons. The fourth-order valence-electron chi connectivity index (χ4n) is 6.12. The summed E-state index contributed by atoms with van der Waals surface area (Å²) in [5.74, 6) is -2.47. The molecule has 1 fully saturated rings. The number of rotatable bonds is 6. The Kier molecular flexibility index (Phi) is 7.43. The number of aromatic nitrogens is 5. The van der Waals surface area contributed by atoms with Gasteiger partial charge in [-0.05, 0) is 93.5 Å². The molecule has 0 aromatic carbocycles. The summed E-state index contributed by atoms with van der Waals surface area (Å²) in [6.45, 7) is 8.63. The van der Waals surface area contributed by atoms with Crippen molar-refractivity contribution < 1.29 is 35.9 Å². The largest absolute Gasteiger partial charge is 0.469 e. The molecule has 0 amide bonds. The predicted molar refractivity (Wildman–Crippen MR) is 159 cm³/mol. The van der Waals surface area contributed by atoms with Gasteiger partial charge in [0.1, 0.15) is 10.5 Å². The van der Waals surface area contributed by atoms with Crippen LogP contribution in [0.25, 0.3) is 5.65 Å². The molecule has 1 atom stereocenters. The van der Waals surface area contributed by atoms with E-state index in [0.29, 0.717) is 46.4 Å².